The van der Waals surface area contributed by atoms with Crippen molar-refractivity contribution in [3.8, 4) is 11.5 Å². The molecule has 2 aromatic carbocycles. The quantitative estimate of drug-likeness (QED) is 0.336. The van der Waals surface area contributed by atoms with E-state index in [9.17, 15) is 23.3 Å². The number of likely N-dealkylation sites (N-methyl/N-ethyl adjacent to an activating group) is 1. The van der Waals surface area contributed by atoms with Crippen molar-refractivity contribution in [1.82, 2.24) is 9.73 Å². The molecule has 2 aromatic rings. The van der Waals surface area contributed by atoms with Crippen LogP contribution in [0.5, 0.6) is 11.5 Å². The van der Waals surface area contributed by atoms with Crippen molar-refractivity contribution in [2.24, 2.45) is 5.10 Å². The second-order valence-electron chi connectivity index (χ2n) is 6.03. The average molecular weight is 471 g/mol. The molecule has 0 heterocycles. The van der Waals surface area contributed by atoms with Crippen LogP contribution in [0.25, 0.3) is 0 Å². The molecule has 0 aliphatic carbocycles. The largest absolute Gasteiger partial charge is 0.497 e. The number of sulfonamides is 1. The molecule has 166 valence electrons. The number of hydrazone groups is 1. The molecule has 0 unspecified atom stereocenters. The molecule has 0 fully saturated rings. The monoisotopic (exact) mass is 470 g/mol. The van der Waals surface area contributed by atoms with Gasteiger partial charge in [-0.15, -0.1) is 0 Å². The fourth-order valence-electron chi connectivity index (χ4n) is 2.39. The van der Waals surface area contributed by atoms with E-state index in [1.165, 1.54) is 51.6 Å². The van der Waals surface area contributed by atoms with Gasteiger partial charge in [0.25, 0.3) is 11.6 Å². The van der Waals surface area contributed by atoms with Gasteiger partial charge >= 0.3 is 0 Å². The summed E-state index contributed by atoms with van der Waals surface area (Å²) in [5.74, 6) is -0.354. The Morgan fingerprint density at radius 3 is 2.58 bits per heavy atom. The van der Waals surface area contributed by atoms with Crippen LogP contribution in [0.4, 0.5) is 5.69 Å². The van der Waals surface area contributed by atoms with E-state index in [0.29, 0.717) is 5.75 Å². The minimum atomic E-state index is -4.09. The van der Waals surface area contributed by atoms with Gasteiger partial charge in [0.15, 0.2) is 0 Å². The summed E-state index contributed by atoms with van der Waals surface area (Å²) in [7, 11) is -0.161. The molecule has 0 aliphatic heterocycles. The molecular weight excluding hydrogens is 452 g/mol. The van der Waals surface area contributed by atoms with Crippen molar-refractivity contribution < 1.29 is 27.6 Å². The van der Waals surface area contributed by atoms with Crippen LogP contribution in [0.2, 0.25) is 5.02 Å². The first-order valence-electron chi connectivity index (χ1n) is 8.54. The lowest BCUT2D eigenvalue weighted by Gasteiger charge is -2.18. The van der Waals surface area contributed by atoms with Crippen LogP contribution in [-0.2, 0) is 14.8 Å². The molecular formula is C18H19ClN4O7S. The first kappa shape index (κ1) is 24.1. The number of carbonyl (C=O) groups is 1. The second kappa shape index (κ2) is 10.2. The van der Waals surface area contributed by atoms with Gasteiger partial charge in [0.2, 0.25) is 10.0 Å². The number of carbonyl (C=O) groups excluding carboxylic acids is 1. The van der Waals surface area contributed by atoms with E-state index in [0.717, 1.165) is 10.5 Å². The maximum atomic E-state index is 12.8. The Bertz CT molecular complexity index is 1120. The van der Waals surface area contributed by atoms with E-state index >= 15 is 0 Å². The Morgan fingerprint density at radius 1 is 1.26 bits per heavy atom. The molecule has 0 saturated carbocycles. The number of amides is 1. The second-order valence-corrected chi connectivity index (χ2v) is 8.45. The van der Waals surface area contributed by atoms with Gasteiger partial charge in [0.1, 0.15) is 16.4 Å². The Kier molecular flexibility index (Phi) is 7.91. The number of nitro groups is 1. The lowest BCUT2D eigenvalue weighted by atomic mass is 10.2. The van der Waals surface area contributed by atoms with E-state index in [4.69, 9.17) is 21.1 Å². The molecule has 0 bridgehead atoms. The van der Waals surface area contributed by atoms with Crippen molar-refractivity contribution >= 4 is 39.4 Å². The number of nitrogens with one attached hydrogen (secondary N) is 1. The number of halogens is 1. The van der Waals surface area contributed by atoms with E-state index in [-0.39, 0.29) is 26.9 Å². The zero-order valence-electron chi connectivity index (χ0n) is 16.7. The predicted octanol–water partition coefficient (Wildman–Crippen LogP) is 2.04. The molecule has 11 nitrogen and oxygen atoms in total. The third kappa shape index (κ3) is 5.90. The number of benzene rings is 2. The normalized spacial score (nSPS) is 11.5. The molecule has 0 atom stereocenters. The number of rotatable bonds is 9. The number of nitro benzene ring substituents is 1. The number of hydrogen-bond donors (Lipinski definition) is 1. The predicted molar refractivity (Wildman–Crippen MR) is 113 cm³/mol. The van der Waals surface area contributed by atoms with Crippen LogP contribution in [0.15, 0.2) is 46.4 Å². The first-order valence-corrected chi connectivity index (χ1v) is 10.4. The lowest BCUT2D eigenvalue weighted by molar-refractivity contribution is -0.384. The van der Waals surface area contributed by atoms with Gasteiger partial charge in [-0.3, -0.25) is 14.9 Å². The number of hydrogen-bond acceptors (Lipinski definition) is 8. The SMILES string of the molecule is COc1ccc(OC)c(S(=O)(=O)N(C)CC(=O)N/N=C\c2cc([N+](=O)[O-])ccc2Cl)c1. The van der Waals surface area contributed by atoms with Gasteiger partial charge in [-0.2, -0.15) is 9.41 Å². The summed E-state index contributed by atoms with van der Waals surface area (Å²) in [4.78, 5) is 22.2. The van der Waals surface area contributed by atoms with Gasteiger partial charge in [-0.25, -0.2) is 13.8 Å². The Hall–Kier alpha value is -3.22. The molecule has 0 spiro atoms. The molecule has 0 aromatic heterocycles. The van der Waals surface area contributed by atoms with Crippen LogP contribution >= 0.6 is 11.6 Å². The molecule has 13 heteroatoms. The fraction of sp³-hybridized carbons (Fsp3) is 0.222. The van der Waals surface area contributed by atoms with Crippen LogP contribution in [-0.4, -0.2) is 57.6 Å². The van der Waals surface area contributed by atoms with Gasteiger partial charge in [-0.05, 0) is 18.2 Å². The Labute approximate surface area is 183 Å². The van der Waals surface area contributed by atoms with Gasteiger partial charge in [-0.1, -0.05) is 11.6 Å². The van der Waals surface area contributed by atoms with Crippen molar-refractivity contribution in [2.45, 2.75) is 4.90 Å². The fourth-order valence-corrected chi connectivity index (χ4v) is 3.85. The molecule has 0 radical (unpaired) electrons. The summed E-state index contributed by atoms with van der Waals surface area (Å²) >= 11 is 5.95. The molecule has 0 aliphatic rings. The highest BCUT2D eigenvalue weighted by Crippen LogP contribution is 2.30. The van der Waals surface area contributed by atoms with E-state index in [2.05, 4.69) is 10.5 Å². The van der Waals surface area contributed by atoms with Gasteiger partial charge in [0.05, 0.1) is 31.9 Å². The average Bonchev–Trinajstić information content (AvgIpc) is 2.74. The summed E-state index contributed by atoms with van der Waals surface area (Å²) in [5, 5.41) is 14.7. The maximum absolute atomic E-state index is 12.8. The van der Waals surface area contributed by atoms with Crippen LogP contribution in [0.3, 0.4) is 0 Å². The van der Waals surface area contributed by atoms with Gasteiger partial charge in [0, 0.05) is 35.8 Å². The van der Waals surface area contributed by atoms with Crippen LogP contribution in [0.1, 0.15) is 5.56 Å². The molecule has 1 amide bonds. The van der Waals surface area contributed by atoms with E-state index in [1.54, 1.807) is 6.07 Å². The third-order valence-electron chi connectivity index (χ3n) is 4.01. The molecule has 2 rings (SSSR count). The summed E-state index contributed by atoms with van der Waals surface area (Å²) in [6.45, 7) is -0.553. The van der Waals surface area contributed by atoms with Crippen molar-refractivity contribution in [3.05, 3.63) is 57.1 Å². The summed E-state index contributed by atoms with van der Waals surface area (Å²) in [6, 6.07) is 8.00. The summed E-state index contributed by atoms with van der Waals surface area (Å²) < 4.78 is 36.7. The summed E-state index contributed by atoms with van der Waals surface area (Å²) in [6.07, 6.45) is 1.12. The van der Waals surface area contributed by atoms with Crippen LogP contribution < -0.4 is 14.9 Å². The number of methoxy groups -OCH3 is 2. The lowest BCUT2D eigenvalue weighted by Crippen LogP contribution is -2.36. The van der Waals surface area contributed by atoms with Crippen molar-refractivity contribution in [1.29, 1.82) is 0 Å². The Morgan fingerprint density at radius 2 is 1.97 bits per heavy atom. The maximum Gasteiger partial charge on any atom is 0.270 e. The minimum absolute atomic E-state index is 0.0893. The molecule has 0 saturated heterocycles. The zero-order valence-corrected chi connectivity index (χ0v) is 18.3. The van der Waals surface area contributed by atoms with Crippen molar-refractivity contribution in [2.75, 3.05) is 27.8 Å². The highest BCUT2D eigenvalue weighted by Gasteiger charge is 2.27. The highest BCUT2D eigenvalue weighted by atomic mass is 35.5. The smallest absolute Gasteiger partial charge is 0.270 e. The molecule has 31 heavy (non-hydrogen) atoms. The topological polar surface area (TPSA) is 140 Å². The zero-order chi connectivity index (χ0) is 23.2. The first-order chi connectivity index (χ1) is 14.6. The Balaban J connectivity index is 2.11. The summed E-state index contributed by atoms with van der Waals surface area (Å²) in [5.41, 5.74) is 2.16. The number of nitrogens with zero attached hydrogens (tertiary/aromatic N) is 3. The van der Waals surface area contributed by atoms with E-state index in [1.807, 2.05) is 0 Å². The van der Waals surface area contributed by atoms with Gasteiger partial charge < -0.3 is 9.47 Å². The minimum Gasteiger partial charge on any atom is -0.497 e. The van der Waals surface area contributed by atoms with Crippen molar-refractivity contribution in [3.63, 3.8) is 0 Å². The highest BCUT2D eigenvalue weighted by molar-refractivity contribution is 7.89. The molecule has 1 N–H and O–H groups in total. The number of ether oxygens (including phenoxy) is 2. The van der Waals surface area contributed by atoms with Crippen LogP contribution in [0, 0.1) is 10.1 Å². The standard InChI is InChI=1S/C18H19ClN4O7S/c1-22(31(27,28)17-9-14(29-2)5-7-16(17)30-3)11-18(24)21-20-10-12-8-13(23(25)26)4-6-15(12)19/h4-10H,11H2,1-3H3,(H,21,24)/b20-10-. The van der Waals surface area contributed by atoms with E-state index < -0.39 is 27.4 Å². The number of non-ortho nitro benzene ring substituents is 1. The third-order valence-corrected chi connectivity index (χ3v) is 6.18.